The van der Waals surface area contributed by atoms with E-state index in [0.717, 1.165) is 6.29 Å². The molecule has 4 aromatic carbocycles. The Bertz CT molecular complexity index is 1120. The van der Waals surface area contributed by atoms with Crippen LogP contribution in [0.1, 0.15) is 38.2 Å². The molecule has 0 aromatic heterocycles. The van der Waals surface area contributed by atoms with Gasteiger partial charge in [0.1, 0.15) is 6.29 Å². The van der Waals surface area contributed by atoms with Crippen molar-refractivity contribution in [1.82, 2.24) is 0 Å². The molecule has 28 heavy (non-hydrogen) atoms. The van der Waals surface area contributed by atoms with E-state index in [9.17, 15) is 4.79 Å². The number of hydrogen-bond donors (Lipinski definition) is 0. The van der Waals surface area contributed by atoms with Crippen molar-refractivity contribution in [2.75, 3.05) is 0 Å². The first kappa shape index (κ1) is 16.7. The van der Waals surface area contributed by atoms with Crippen molar-refractivity contribution >= 4 is 6.29 Å². The number of fused-ring (bicyclic) bond motifs is 3. The Hall–Kier alpha value is -3.45. The summed E-state index contributed by atoms with van der Waals surface area (Å²) in [6.07, 6.45) is 0.902. The highest BCUT2D eigenvalue weighted by atomic mass is 16.1. The molecule has 134 valence electrons. The van der Waals surface area contributed by atoms with Gasteiger partial charge in [-0.05, 0) is 40.3 Å². The first-order valence-corrected chi connectivity index (χ1v) is 9.57. The fourth-order valence-corrected chi connectivity index (χ4v) is 4.64. The number of aldehydes is 1. The maximum absolute atomic E-state index is 11.2. The van der Waals surface area contributed by atoms with E-state index < -0.39 is 0 Å². The first-order chi connectivity index (χ1) is 13.7. The number of carbonyl (C=O) groups is 1. The van der Waals surface area contributed by atoms with Gasteiger partial charge in [-0.2, -0.15) is 0 Å². The van der Waals surface area contributed by atoms with Crippen molar-refractivity contribution in [3.8, 4) is 11.1 Å². The predicted molar refractivity (Wildman–Crippen MR) is 114 cm³/mol. The second-order valence-electron chi connectivity index (χ2n) is 7.45. The Morgan fingerprint density at radius 1 is 0.607 bits per heavy atom. The van der Waals surface area contributed by atoms with Crippen molar-refractivity contribution in [2.45, 2.75) is 12.3 Å². The lowest BCUT2D eigenvalue weighted by Gasteiger charge is -2.34. The predicted octanol–water partition coefficient (Wildman–Crippen LogP) is 6.17. The van der Waals surface area contributed by atoms with Gasteiger partial charge in [-0.1, -0.05) is 103 Å². The van der Waals surface area contributed by atoms with Gasteiger partial charge in [0.15, 0.2) is 0 Å². The zero-order valence-electron chi connectivity index (χ0n) is 15.7. The molecule has 1 heteroatoms. The highest BCUT2D eigenvalue weighted by molar-refractivity contribution is 5.86. The fraction of sp³-hybridized carbons (Fsp3) is 0.0741. The third kappa shape index (κ3) is 2.23. The molecule has 0 spiro atoms. The van der Waals surface area contributed by atoms with Gasteiger partial charge in [0.2, 0.25) is 0 Å². The van der Waals surface area contributed by atoms with E-state index >= 15 is 0 Å². The van der Waals surface area contributed by atoms with Crippen LogP contribution in [0.4, 0.5) is 0 Å². The molecule has 0 fully saturated rings. The highest BCUT2D eigenvalue weighted by Gasteiger charge is 2.45. The van der Waals surface area contributed by atoms with E-state index in [4.69, 9.17) is 0 Å². The Labute approximate surface area is 165 Å². The molecule has 0 saturated carbocycles. The first-order valence-electron chi connectivity index (χ1n) is 9.57. The molecular weight excluding hydrogens is 340 g/mol. The van der Waals surface area contributed by atoms with E-state index in [2.05, 4.69) is 91.9 Å². The molecule has 0 unspecified atom stereocenters. The molecule has 5 rings (SSSR count). The van der Waals surface area contributed by atoms with Crippen molar-refractivity contribution in [2.24, 2.45) is 0 Å². The summed E-state index contributed by atoms with van der Waals surface area (Å²) in [5, 5.41) is 0. The smallest absolute Gasteiger partial charge is 0.150 e. The lowest BCUT2D eigenvalue weighted by atomic mass is 9.67. The summed E-state index contributed by atoms with van der Waals surface area (Å²) < 4.78 is 0. The minimum absolute atomic E-state index is 0.387. The maximum Gasteiger partial charge on any atom is 0.150 e. The van der Waals surface area contributed by atoms with E-state index in [1.165, 1.54) is 38.9 Å². The summed E-state index contributed by atoms with van der Waals surface area (Å²) in [5.74, 6) is 0. The molecule has 0 heterocycles. The molecule has 4 aromatic rings. The van der Waals surface area contributed by atoms with Gasteiger partial charge in [-0.15, -0.1) is 0 Å². The maximum atomic E-state index is 11.2. The summed E-state index contributed by atoms with van der Waals surface area (Å²) in [4.78, 5) is 11.2. The molecule has 1 nitrogen and oxygen atoms in total. The standard InChI is InChI=1S/C27H20O/c1-19-10-14-21(15-11-19)27(22-16-12-20(18-28)13-17-22)25-8-4-2-6-23(25)24-7-3-5-9-26(24)27/h2-18H,1H3. The van der Waals surface area contributed by atoms with E-state index in [1.807, 2.05) is 12.1 Å². The van der Waals surface area contributed by atoms with Crippen LogP contribution in [0.15, 0.2) is 97.1 Å². The molecule has 1 aliphatic carbocycles. The van der Waals surface area contributed by atoms with Crippen LogP contribution >= 0.6 is 0 Å². The van der Waals surface area contributed by atoms with E-state index in [1.54, 1.807) is 0 Å². The van der Waals surface area contributed by atoms with E-state index in [-0.39, 0.29) is 5.41 Å². The van der Waals surface area contributed by atoms with Gasteiger partial charge >= 0.3 is 0 Å². The van der Waals surface area contributed by atoms with Crippen LogP contribution < -0.4 is 0 Å². The normalized spacial score (nSPS) is 13.6. The summed E-state index contributed by atoms with van der Waals surface area (Å²) >= 11 is 0. The quantitative estimate of drug-likeness (QED) is 0.352. The fourth-order valence-electron chi connectivity index (χ4n) is 4.64. The molecule has 0 amide bonds. The molecule has 0 saturated heterocycles. The molecule has 1 aliphatic rings. The summed E-state index contributed by atoms with van der Waals surface area (Å²) in [6, 6.07) is 34.2. The van der Waals surface area contributed by atoms with Gasteiger partial charge in [0, 0.05) is 5.56 Å². The Kier molecular flexibility index (Phi) is 3.77. The SMILES string of the molecule is Cc1ccc(C2(c3ccc(C=O)cc3)c3ccccc3-c3ccccc32)cc1. The summed E-state index contributed by atoms with van der Waals surface area (Å²) in [6.45, 7) is 2.12. The molecule has 0 aliphatic heterocycles. The third-order valence-corrected chi connectivity index (χ3v) is 5.92. The number of rotatable bonds is 3. The minimum atomic E-state index is -0.387. The highest BCUT2D eigenvalue weighted by Crippen LogP contribution is 2.55. The zero-order chi connectivity index (χ0) is 19.1. The largest absolute Gasteiger partial charge is 0.298 e. The molecule has 0 radical (unpaired) electrons. The van der Waals surface area contributed by atoms with Gasteiger partial charge < -0.3 is 0 Å². The second kappa shape index (κ2) is 6.31. The van der Waals surface area contributed by atoms with Crippen molar-refractivity contribution < 1.29 is 4.79 Å². The molecule has 0 atom stereocenters. The van der Waals surface area contributed by atoms with Crippen LogP contribution in [0.2, 0.25) is 0 Å². The summed E-state index contributed by atoms with van der Waals surface area (Å²) in [7, 11) is 0. The Balaban J connectivity index is 1.92. The van der Waals surface area contributed by atoms with Crippen molar-refractivity contribution in [3.05, 3.63) is 130 Å². The number of carbonyl (C=O) groups excluding carboxylic acids is 1. The lowest BCUT2D eigenvalue weighted by Crippen LogP contribution is -2.28. The average Bonchev–Trinajstić information content (AvgIpc) is 3.06. The van der Waals surface area contributed by atoms with Gasteiger partial charge in [0.25, 0.3) is 0 Å². The van der Waals surface area contributed by atoms with Crippen LogP contribution in [0.3, 0.4) is 0 Å². The zero-order valence-corrected chi connectivity index (χ0v) is 15.7. The van der Waals surface area contributed by atoms with Gasteiger partial charge in [-0.25, -0.2) is 0 Å². The lowest BCUT2D eigenvalue weighted by molar-refractivity contribution is 0.112. The number of aryl methyl sites for hydroxylation is 1. The number of benzene rings is 4. The topological polar surface area (TPSA) is 17.1 Å². The number of hydrogen-bond acceptors (Lipinski definition) is 1. The van der Waals surface area contributed by atoms with Crippen molar-refractivity contribution in [3.63, 3.8) is 0 Å². The van der Waals surface area contributed by atoms with E-state index in [0.29, 0.717) is 5.56 Å². The Morgan fingerprint density at radius 2 is 1.07 bits per heavy atom. The monoisotopic (exact) mass is 360 g/mol. The average molecular weight is 360 g/mol. The molecule has 0 bridgehead atoms. The molecular formula is C27H20O. The molecule has 0 N–H and O–H groups in total. The van der Waals surface area contributed by atoms with Crippen LogP contribution in [0, 0.1) is 6.92 Å². The van der Waals surface area contributed by atoms with Gasteiger partial charge in [0.05, 0.1) is 5.41 Å². The summed E-state index contributed by atoms with van der Waals surface area (Å²) in [5.41, 5.74) is 9.11. The Morgan fingerprint density at radius 3 is 1.57 bits per heavy atom. The van der Waals surface area contributed by atoms with Crippen LogP contribution in [-0.2, 0) is 5.41 Å². The van der Waals surface area contributed by atoms with Gasteiger partial charge in [-0.3, -0.25) is 4.79 Å². The third-order valence-electron chi connectivity index (χ3n) is 5.92. The van der Waals surface area contributed by atoms with Crippen molar-refractivity contribution in [1.29, 1.82) is 0 Å². The van der Waals surface area contributed by atoms with Crippen LogP contribution in [-0.4, -0.2) is 6.29 Å². The van der Waals surface area contributed by atoms with Crippen LogP contribution in [0.25, 0.3) is 11.1 Å². The van der Waals surface area contributed by atoms with Crippen LogP contribution in [0.5, 0.6) is 0 Å². The second-order valence-corrected chi connectivity index (χ2v) is 7.45. The minimum Gasteiger partial charge on any atom is -0.298 e.